The second-order valence-electron chi connectivity index (χ2n) is 4.31. The van der Waals surface area contributed by atoms with Crippen LogP contribution >= 0.6 is 0 Å². The Morgan fingerprint density at radius 2 is 1.70 bits per heavy atom. The van der Waals surface area contributed by atoms with Crippen molar-refractivity contribution in [2.45, 2.75) is 13.0 Å². The Hall–Kier alpha value is -2.07. The number of para-hydroxylation sites is 1. The number of rotatable bonds is 5. The second kappa shape index (κ2) is 6.39. The van der Waals surface area contributed by atoms with Gasteiger partial charge in [-0.05, 0) is 19.1 Å². The van der Waals surface area contributed by atoms with E-state index in [2.05, 4.69) is 0 Å². The number of benzene rings is 2. The number of hydrogen-bond acceptors (Lipinski definition) is 3. The zero-order chi connectivity index (χ0) is 14.5. The quantitative estimate of drug-likeness (QED) is 0.910. The first kappa shape index (κ1) is 14.3. The SMILES string of the molecule is CCOc1ccccc1C(N)c1cccc(OC)c1F. The van der Waals surface area contributed by atoms with E-state index in [1.807, 2.05) is 31.2 Å². The van der Waals surface area contributed by atoms with Gasteiger partial charge in [-0.3, -0.25) is 0 Å². The molecule has 0 heterocycles. The summed E-state index contributed by atoms with van der Waals surface area (Å²) in [7, 11) is 1.43. The lowest BCUT2D eigenvalue weighted by molar-refractivity contribution is 0.335. The highest BCUT2D eigenvalue weighted by molar-refractivity contribution is 5.43. The monoisotopic (exact) mass is 275 g/mol. The minimum Gasteiger partial charge on any atom is -0.494 e. The van der Waals surface area contributed by atoms with Gasteiger partial charge in [-0.2, -0.15) is 0 Å². The Labute approximate surface area is 118 Å². The van der Waals surface area contributed by atoms with Crippen molar-refractivity contribution < 1.29 is 13.9 Å². The fourth-order valence-corrected chi connectivity index (χ4v) is 2.12. The van der Waals surface area contributed by atoms with E-state index in [1.54, 1.807) is 18.2 Å². The zero-order valence-electron chi connectivity index (χ0n) is 11.6. The molecule has 0 aliphatic carbocycles. The molecule has 0 aromatic heterocycles. The minimum atomic E-state index is -0.604. The van der Waals surface area contributed by atoms with E-state index in [9.17, 15) is 4.39 Å². The van der Waals surface area contributed by atoms with Gasteiger partial charge in [0.05, 0.1) is 19.8 Å². The van der Waals surface area contributed by atoms with Gasteiger partial charge in [0.2, 0.25) is 0 Å². The van der Waals surface area contributed by atoms with Gasteiger partial charge in [-0.25, -0.2) is 4.39 Å². The van der Waals surface area contributed by atoms with Crippen LogP contribution in [0.5, 0.6) is 11.5 Å². The number of methoxy groups -OCH3 is 1. The van der Waals surface area contributed by atoms with Crippen LogP contribution in [0, 0.1) is 5.82 Å². The van der Waals surface area contributed by atoms with Gasteiger partial charge < -0.3 is 15.2 Å². The van der Waals surface area contributed by atoms with Crippen LogP contribution in [0.4, 0.5) is 4.39 Å². The van der Waals surface area contributed by atoms with Crippen molar-refractivity contribution in [3.8, 4) is 11.5 Å². The van der Waals surface area contributed by atoms with Crippen LogP contribution < -0.4 is 15.2 Å². The summed E-state index contributed by atoms with van der Waals surface area (Å²) in [6, 6.07) is 11.7. The first-order chi connectivity index (χ1) is 9.69. The minimum absolute atomic E-state index is 0.187. The zero-order valence-corrected chi connectivity index (χ0v) is 11.6. The van der Waals surface area contributed by atoms with Crippen LogP contribution in [0.3, 0.4) is 0 Å². The lowest BCUT2D eigenvalue weighted by Gasteiger charge is -2.18. The molecule has 1 atom stereocenters. The third kappa shape index (κ3) is 2.75. The number of hydrogen-bond donors (Lipinski definition) is 1. The van der Waals surface area contributed by atoms with Crippen LogP contribution in [0.25, 0.3) is 0 Å². The van der Waals surface area contributed by atoms with Crippen LogP contribution in [0.15, 0.2) is 42.5 Å². The molecule has 0 bridgehead atoms. The number of ether oxygens (including phenoxy) is 2. The summed E-state index contributed by atoms with van der Waals surface area (Å²) in [5.74, 6) is 0.422. The third-order valence-corrected chi connectivity index (χ3v) is 3.10. The summed E-state index contributed by atoms with van der Waals surface area (Å²) in [5.41, 5.74) is 7.33. The molecule has 0 fully saturated rings. The molecule has 0 amide bonds. The van der Waals surface area contributed by atoms with Crippen molar-refractivity contribution in [3.63, 3.8) is 0 Å². The van der Waals surface area contributed by atoms with E-state index in [-0.39, 0.29) is 5.75 Å². The molecule has 2 rings (SSSR count). The van der Waals surface area contributed by atoms with Crippen molar-refractivity contribution in [2.24, 2.45) is 5.73 Å². The van der Waals surface area contributed by atoms with Gasteiger partial charge >= 0.3 is 0 Å². The van der Waals surface area contributed by atoms with Gasteiger partial charge in [0.15, 0.2) is 11.6 Å². The molecule has 3 nitrogen and oxygen atoms in total. The Kier molecular flexibility index (Phi) is 4.58. The summed E-state index contributed by atoms with van der Waals surface area (Å²) in [5, 5.41) is 0. The summed E-state index contributed by atoms with van der Waals surface area (Å²) >= 11 is 0. The summed E-state index contributed by atoms with van der Waals surface area (Å²) < 4.78 is 24.8. The molecule has 1 unspecified atom stereocenters. The van der Waals surface area contributed by atoms with Gasteiger partial charge in [0.1, 0.15) is 5.75 Å². The molecule has 2 aromatic carbocycles. The number of halogens is 1. The highest BCUT2D eigenvalue weighted by Crippen LogP contribution is 2.32. The average molecular weight is 275 g/mol. The van der Waals surface area contributed by atoms with Crippen molar-refractivity contribution in [1.29, 1.82) is 0 Å². The predicted octanol–water partition coefficient (Wildman–Crippen LogP) is 3.28. The second-order valence-corrected chi connectivity index (χ2v) is 4.31. The molecule has 0 radical (unpaired) electrons. The van der Waals surface area contributed by atoms with E-state index in [0.717, 1.165) is 5.56 Å². The van der Waals surface area contributed by atoms with E-state index < -0.39 is 11.9 Å². The molecule has 0 aliphatic heterocycles. The molecule has 2 aromatic rings. The van der Waals surface area contributed by atoms with Crippen molar-refractivity contribution >= 4 is 0 Å². The van der Waals surface area contributed by atoms with Gasteiger partial charge in [-0.1, -0.05) is 30.3 Å². The van der Waals surface area contributed by atoms with Gasteiger partial charge in [-0.15, -0.1) is 0 Å². The summed E-state index contributed by atoms with van der Waals surface area (Å²) in [6.07, 6.45) is 0. The van der Waals surface area contributed by atoms with E-state index in [4.69, 9.17) is 15.2 Å². The Morgan fingerprint density at radius 3 is 2.40 bits per heavy atom. The maximum Gasteiger partial charge on any atom is 0.170 e. The molecule has 20 heavy (non-hydrogen) atoms. The lowest BCUT2D eigenvalue weighted by Crippen LogP contribution is -2.15. The topological polar surface area (TPSA) is 44.5 Å². The average Bonchev–Trinajstić information content (AvgIpc) is 2.48. The standard InChI is InChI=1S/C16H18FNO2/c1-3-20-13-9-5-4-7-11(13)16(18)12-8-6-10-14(19-2)15(12)17/h4-10,16H,3,18H2,1-2H3. The largest absolute Gasteiger partial charge is 0.494 e. The predicted molar refractivity (Wildman–Crippen MR) is 76.6 cm³/mol. The maximum atomic E-state index is 14.3. The molecule has 0 aliphatic rings. The van der Waals surface area contributed by atoms with E-state index >= 15 is 0 Å². The summed E-state index contributed by atoms with van der Waals surface area (Å²) in [6.45, 7) is 2.43. The van der Waals surface area contributed by atoms with Crippen LogP contribution in [-0.2, 0) is 0 Å². The molecule has 4 heteroatoms. The van der Waals surface area contributed by atoms with Crippen molar-refractivity contribution in [2.75, 3.05) is 13.7 Å². The molecule has 0 saturated heterocycles. The third-order valence-electron chi connectivity index (χ3n) is 3.10. The lowest BCUT2D eigenvalue weighted by atomic mass is 9.98. The fraction of sp³-hybridized carbons (Fsp3) is 0.250. The van der Waals surface area contributed by atoms with Gasteiger partial charge in [0.25, 0.3) is 0 Å². The highest BCUT2D eigenvalue weighted by atomic mass is 19.1. The maximum absolute atomic E-state index is 14.3. The number of nitrogens with two attached hydrogens (primary N) is 1. The first-order valence-corrected chi connectivity index (χ1v) is 6.48. The Balaban J connectivity index is 2.44. The van der Waals surface area contributed by atoms with Crippen molar-refractivity contribution in [3.05, 3.63) is 59.4 Å². The Bertz CT molecular complexity index is 586. The normalized spacial score (nSPS) is 12.0. The first-order valence-electron chi connectivity index (χ1n) is 6.48. The van der Waals surface area contributed by atoms with Crippen LogP contribution in [0.2, 0.25) is 0 Å². The van der Waals surface area contributed by atoms with Crippen molar-refractivity contribution in [1.82, 2.24) is 0 Å². The molecule has 106 valence electrons. The molecular weight excluding hydrogens is 257 g/mol. The molecule has 2 N–H and O–H groups in total. The fourth-order valence-electron chi connectivity index (χ4n) is 2.12. The molecule has 0 spiro atoms. The van der Waals surface area contributed by atoms with Gasteiger partial charge in [0, 0.05) is 11.1 Å². The van der Waals surface area contributed by atoms with E-state index in [0.29, 0.717) is 17.9 Å². The molecule has 0 saturated carbocycles. The molecular formula is C16H18FNO2. The Morgan fingerprint density at radius 1 is 1.05 bits per heavy atom. The highest BCUT2D eigenvalue weighted by Gasteiger charge is 2.19. The summed E-state index contributed by atoms with van der Waals surface area (Å²) in [4.78, 5) is 0. The van der Waals surface area contributed by atoms with Crippen LogP contribution in [0.1, 0.15) is 24.1 Å². The van der Waals surface area contributed by atoms with E-state index in [1.165, 1.54) is 7.11 Å². The smallest absolute Gasteiger partial charge is 0.170 e. The van der Waals surface area contributed by atoms with Crippen LogP contribution in [-0.4, -0.2) is 13.7 Å².